The number of ether oxygens (including phenoxy) is 2. The van der Waals surface area contributed by atoms with E-state index in [2.05, 4.69) is 10.0 Å². The third-order valence-electron chi connectivity index (χ3n) is 5.45. The molecule has 3 aromatic rings. The fourth-order valence-corrected chi connectivity index (χ4v) is 4.44. The Hall–Kier alpha value is -3.52. The van der Waals surface area contributed by atoms with Crippen LogP contribution in [0.2, 0.25) is 0 Å². The molecule has 174 valence electrons. The van der Waals surface area contributed by atoms with E-state index < -0.39 is 10.0 Å². The lowest BCUT2D eigenvalue weighted by Gasteiger charge is -2.13. The van der Waals surface area contributed by atoms with Gasteiger partial charge < -0.3 is 14.8 Å². The summed E-state index contributed by atoms with van der Waals surface area (Å²) in [6.45, 7) is 4.18. The molecule has 3 rings (SSSR count). The molecule has 0 aliphatic carbocycles. The molecule has 0 aliphatic rings. The smallest absolute Gasteiger partial charge is 0.261 e. The van der Waals surface area contributed by atoms with Gasteiger partial charge in [0.25, 0.3) is 15.9 Å². The van der Waals surface area contributed by atoms with Gasteiger partial charge in [-0.25, -0.2) is 8.42 Å². The molecule has 8 heteroatoms. The van der Waals surface area contributed by atoms with E-state index in [0.29, 0.717) is 35.7 Å². The second-order valence-corrected chi connectivity index (χ2v) is 9.24. The predicted octanol–water partition coefficient (Wildman–Crippen LogP) is 4.09. The van der Waals surface area contributed by atoms with Gasteiger partial charge in [0.15, 0.2) is 0 Å². The number of sulfonamides is 1. The van der Waals surface area contributed by atoms with Crippen molar-refractivity contribution in [3.05, 3.63) is 82.9 Å². The lowest BCUT2D eigenvalue weighted by molar-refractivity contribution is 0.0954. The number of benzene rings is 3. The number of carbonyl (C=O) groups excluding carboxylic acids is 1. The SMILES string of the molecule is COc1ccc(CCNC(=O)c2ccc(S(=O)(=O)Nc3cccc(C)c3C)cc2)c(OC)c1. The lowest BCUT2D eigenvalue weighted by atomic mass is 10.1. The van der Waals surface area contributed by atoms with E-state index in [4.69, 9.17) is 9.47 Å². The van der Waals surface area contributed by atoms with Crippen LogP contribution in [0.1, 0.15) is 27.0 Å². The third-order valence-corrected chi connectivity index (χ3v) is 6.83. The van der Waals surface area contributed by atoms with Gasteiger partial charge >= 0.3 is 0 Å². The van der Waals surface area contributed by atoms with Crippen molar-refractivity contribution >= 4 is 21.6 Å². The normalized spacial score (nSPS) is 11.0. The van der Waals surface area contributed by atoms with E-state index in [-0.39, 0.29) is 10.8 Å². The summed E-state index contributed by atoms with van der Waals surface area (Å²) in [5.74, 6) is 1.10. The topological polar surface area (TPSA) is 93.7 Å². The van der Waals surface area contributed by atoms with Crippen molar-refractivity contribution in [3.8, 4) is 11.5 Å². The fourth-order valence-electron chi connectivity index (χ4n) is 3.32. The minimum absolute atomic E-state index is 0.0860. The highest BCUT2D eigenvalue weighted by atomic mass is 32.2. The Balaban J connectivity index is 1.62. The Labute approximate surface area is 194 Å². The number of nitrogens with one attached hydrogen (secondary N) is 2. The molecule has 0 aromatic heterocycles. The first-order valence-electron chi connectivity index (χ1n) is 10.4. The number of hydrogen-bond donors (Lipinski definition) is 2. The molecule has 0 bridgehead atoms. The Morgan fingerprint density at radius 2 is 1.67 bits per heavy atom. The van der Waals surface area contributed by atoms with Gasteiger partial charge in [-0.05, 0) is 73.4 Å². The van der Waals surface area contributed by atoms with Crippen LogP contribution in [0.3, 0.4) is 0 Å². The minimum Gasteiger partial charge on any atom is -0.497 e. The van der Waals surface area contributed by atoms with E-state index in [0.717, 1.165) is 16.7 Å². The molecule has 0 unspecified atom stereocenters. The number of rotatable bonds is 9. The Morgan fingerprint density at radius 1 is 0.939 bits per heavy atom. The maximum absolute atomic E-state index is 12.7. The molecule has 0 spiro atoms. The summed E-state index contributed by atoms with van der Waals surface area (Å²) in [6, 6.07) is 16.8. The summed E-state index contributed by atoms with van der Waals surface area (Å²) >= 11 is 0. The van der Waals surface area contributed by atoms with Crippen molar-refractivity contribution in [2.24, 2.45) is 0 Å². The van der Waals surface area contributed by atoms with Gasteiger partial charge in [-0.15, -0.1) is 0 Å². The molecule has 2 N–H and O–H groups in total. The molecule has 0 radical (unpaired) electrons. The van der Waals surface area contributed by atoms with E-state index in [1.807, 2.05) is 32.0 Å². The summed E-state index contributed by atoms with van der Waals surface area (Å²) in [5.41, 5.74) is 3.71. The van der Waals surface area contributed by atoms with Crippen molar-refractivity contribution in [2.45, 2.75) is 25.2 Å². The fraction of sp³-hybridized carbons (Fsp3) is 0.240. The molecule has 0 saturated heterocycles. The summed E-state index contributed by atoms with van der Waals surface area (Å²) in [4.78, 5) is 12.6. The number of carbonyl (C=O) groups is 1. The predicted molar refractivity (Wildman–Crippen MR) is 129 cm³/mol. The third kappa shape index (κ3) is 5.84. The summed E-state index contributed by atoms with van der Waals surface area (Å²) in [5, 5.41) is 2.85. The van der Waals surface area contributed by atoms with Crippen LogP contribution in [0.5, 0.6) is 11.5 Å². The van der Waals surface area contributed by atoms with Gasteiger partial charge in [0.2, 0.25) is 0 Å². The first-order valence-corrected chi connectivity index (χ1v) is 11.9. The van der Waals surface area contributed by atoms with E-state index in [1.54, 1.807) is 32.4 Å². The number of anilines is 1. The van der Waals surface area contributed by atoms with Crippen molar-refractivity contribution < 1.29 is 22.7 Å². The zero-order valence-corrected chi connectivity index (χ0v) is 20.0. The van der Waals surface area contributed by atoms with Crippen molar-refractivity contribution in [1.29, 1.82) is 0 Å². The average molecular weight is 469 g/mol. The molecular weight excluding hydrogens is 440 g/mol. The highest BCUT2D eigenvalue weighted by Gasteiger charge is 2.17. The second kappa shape index (κ2) is 10.4. The molecule has 0 heterocycles. The van der Waals surface area contributed by atoms with Gasteiger partial charge in [0.1, 0.15) is 11.5 Å². The Bertz CT molecular complexity index is 1240. The van der Waals surface area contributed by atoms with E-state index >= 15 is 0 Å². The maximum Gasteiger partial charge on any atom is 0.261 e. The van der Waals surface area contributed by atoms with Crippen molar-refractivity contribution in [3.63, 3.8) is 0 Å². The van der Waals surface area contributed by atoms with E-state index in [9.17, 15) is 13.2 Å². The molecule has 33 heavy (non-hydrogen) atoms. The van der Waals surface area contributed by atoms with Crippen LogP contribution < -0.4 is 19.5 Å². The first-order chi connectivity index (χ1) is 15.7. The van der Waals surface area contributed by atoms with Crippen LogP contribution >= 0.6 is 0 Å². The number of methoxy groups -OCH3 is 2. The zero-order chi connectivity index (χ0) is 24.0. The Morgan fingerprint density at radius 3 is 2.33 bits per heavy atom. The van der Waals surface area contributed by atoms with Crippen LogP contribution in [0.15, 0.2) is 65.6 Å². The largest absolute Gasteiger partial charge is 0.497 e. The zero-order valence-electron chi connectivity index (χ0n) is 19.1. The summed E-state index contributed by atoms with van der Waals surface area (Å²) in [7, 11) is -0.594. The van der Waals surface area contributed by atoms with Crippen LogP contribution in [-0.2, 0) is 16.4 Å². The quantitative estimate of drug-likeness (QED) is 0.493. The molecule has 0 atom stereocenters. The molecule has 3 aromatic carbocycles. The molecule has 0 aliphatic heterocycles. The van der Waals surface area contributed by atoms with Gasteiger partial charge in [0, 0.05) is 18.2 Å². The molecular formula is C25H28N2O5S. The average Bonchev–Trinajstić information content (AvgIpc) is 2.82. The molecule has 7 nitrogen and oxygen atoms in total. The number of amides is 1. The summed E-state index contributed by atoms with van der Waals surface area (Å²) in [6.07, 6.45) is 0.575. The molecule has 0 fully saturated rings. The standard InChI is InChI=1S/C25H28N2O5S/c1-17-6-5-7-23(18(17)2)27-33(29,30)22-12-9-20(10-13-22)25(28)26-15-14-19-8-11-21(31-3)16-24(19)32-4/h5-13,16,27H,14-15H2,1-4H3,(H,26,28). The highest BCUT2D eigenvalue weighted by molar-refractivity contribution is 7.92. The molecule has 1 amide bonds. The van der Waals surface area contributed by atoms with Crippen LogP contribution in [0.25, 0.3) is 0 Å². The van der Waals surface area contributed by atoms with Gasteiger partial charge in [-0.3, -0.25) is 9.52 Å². The molecule has 0 saturated carbocycles. The van der Waals surface area contributed by atoms with Gasteiger partial charge in [-0.2, -0.15) is 0 Å². The van der Waals surface area contributed by atoms with Gasteiger partial charge in [0.05, 0.1) is 24.8 Å². The summed E-state index contributed by atoms with van der Waals surface area (Å²) < 4.78 is 38.7. The first kappa shape index (κ1) is 24.1. The second-order valence-electron chi connectivity index (χ2n) is 7.56. The van der Waals surface area contributed by atoms with Gasteiger partial charge in [-0.1, -0.05) is 18.2 Å². The minimum atomic E-state index is -3.77. The monoisotopic (exact) mass is 468 g/mol. The number of aryl methyl sites for hydroxylation is 1. The van der Waals surface area contributed by atoms with Crippen molar-refractivity contribution in [1.82, 2.24) is 5.32 Å². The van der Waals surface area contributed by atoms with Crippen molar-refractivity contribution in [2.75, 3.05) is 25.5 Å². The Kier molecular flexibility index (Phi) is 7.60. The maximum atomic E-state index is 12.7. The lowest BCUT2D eigenvalue weighted by Crippen LogP contribution is -2.25. The van der Waals surface area contributed by atoms with Crippen LogP contribution in [-0.4, -0.2) is 35.1 Å². The number of hydrogen-bond acceptors (Lipinski definition) is 5. The highest BCUT2D eigenvalue weighted by Crippen LogP contribution is 2.25. The van der Waals surface area contributed by atoms with E-state index in [1.165, 1.54) is 24.3 Å². The van der Waals surface area contributed by atoms with Crippen LogP contribution in [0, 0.1) is 13.8 Å². The van der Waals surface area contributed by atoms with Crippen LogP contribution in [0.4, 0.5) is 5.69 Å².